The quantitative estimate of drug-likeness (QED) is 0.542. The van der Waals surface area contributed by atoms with Crippen LogP contribution in [0.4, 0.5) is 0 Å². The SMILES string of the molecule is COc1cc(COC(C)OC(C)C)cc(OC)c1B(O)O. The number of rotatable bonds is 8. The Labute approximate surface area is 125 Å². The van der Waals surface area contributed by atoms with E-state index in [9.17, 15) is 10.0 Å². The minimum Gasteiger partial charge on any atom is -0.497 e. The van der Waals surface area contributed by atoms with Crippen LogP contribution in [0.2, 0.25) is 0 Å². The smallest absolute Gasteiger partial charge is 0.496 e. The number of ether oxygens (including phenoxy) is 4. The molecule has 0 aliphatic carbocycles. The number of methoxy groups -OCH3 is 2. The highest BCUT2D eigenvalue weighted by Gasteiger charge is 2.23. The molecule has 6 nitrogen and oxygen atoms in total. The molecule has 0 fully saturated rings. The van der Waals surface area contributed by atoms with Gasteiger partial charge in [0.15, 0.2) is 6.29 Å². The van der Waals surface area contributed by atoms with Crippen molar-refractivity contribution in [1.82, 2.24) is 0 Å². The Morgan fingerprint density at radius 3 is 1.95 bits per heavy atom. The molecule has 0 bridgehead atoms. The Morgan fingerprint density at radius 1 is 1.05 bits per heavy atom. The fourth-order valence-electron chi connectivity index (χ4n) is 1.97. The van der Waals surface area contributed by atoms with Crippen molar-refractivity contribution in [3.63, 3.8) is 0 Å². The minimum absolute atomic E-state index is 0.0796. The predicted molar refractivity (Wildman–Crippen MR) is 79.8 cm³/mol. The van der Waals surface area contributed by atoms with Gasteiger partial charge in [0.2, 0.25) is 0 Å². The van der Waals surface area contributed by atoms with E-state index < -0.39 is 7.12 Å². The van der Waals surface area contributed by atoms with Gasteiger partial charge in [-0.1, -0.05) is 0 Å². The second-order valence-electron chi connectivity index (χ2n) is 4.85. The van der Waals surface area contributed by atoms with Gasteiger partial charge in [-0.2, -0.15) is 0 Å². The second-order valence-corrected chi connectivity index (χ2v) is 4.85. The lowest BCUT2D eigenvalue weighted by atomic mass is 9.78. The summed E-state index contributed by atoms with van der Waals surface area (Å²) in [5, 5.41) is 18.8. The average Bonchev–Trinajstić information content (AvgIpc) is 2.42. The highest BCUT2D eigenvalue weighted by atomic mass is 16.7. The summed E-state index contributed by atoms with van der Waals surface area (Å²) in [4.78, 5) is 0. The molecule has 0 radical (unpaired) electrons. The Bertz CT molecular complexity index is 424. The standard InChI is InChI=1S/C14H23BO6/c1-9(2)21-10(3)20-8-11-6-12(18-4)14(15(16)17)13(7-11)19-5/h6-7,9-10,16-17H,8H2,1-5H3. The maximum atomic E-state index is 9.40. The van der Waals surface area contributed by atoms with Gasteiger partial charge in [-0.25, -0.2) is 0 Å². The van der Waals surface area contributed by atoms with E-state index in [1.165, 1.54) is 14.2 Å². The van der Waals surface area contributed by atoms with Crippen molar-refractivity contribution < 1.29 is 29.0 Å². The Morgan fingerprint density at radius 2 is 1.57 bits per heavy atom. The lowest BCUT2D eigenvalue weighted by molar-refractivity contribution is -0.157. The largest absolute Gasteiger partial charge is 0.497 e. The van der Waals surface area contributed by atoms with Crippen LogP contribution < -0.4 is 14.9 Å². The fourth-order valence-corrected chi connectivity index (χ4v) is 1.97. The zero-order valence-corrected chi connectivity index (χ0v) is 13.1. The monoisotopic (exact) mass is 298 g/mol. The molecule has 21 heavy (non-hydrogen) atoms. The van der Waals surface area contributed by atoms with Gasteiger partial charge in [0.25, 0.3) is 0 Å². The molecule has 0 saturated heterocycles. The Kier molecular flexibility index (Phi) is 6.97. The molecule has 7 heteroatoms. The molecule has 1 atom stereocenters. The van der Waals surface area contributed by atoms with Gasteiger partial charge in [0.05, 0.1) is 32.4 Å². The van der Waals surface area contributed by atoms with Gasteiger partial charge in [0, 0.05) is 0 Å². The molecule has 0 aliphatic heterocycles. The summed E-state index contributed by atoms with van der Waals surface area (Å²) < 4.78 is 21.4. The zero-order chi connectivity index (χ0) is 16.0. The molecule has 1 aromatic rings. The predicted octanol–water partition coefficient (Wildman–Crippen LogP) is 0.671. The summed E-state index contributed by atoms with van der Waals surface area (Å²) in [6, 6.07) is 3.36. The molecular formula is C14H23BO6. The van der Waals surface area contributed by atoms with Crippen molar-refractivity contribution in [3.8, 4) is 11.5 Å². The van der Waals surface area contributed by atoms with Gasteiger partial charge < -0.3 is 29.0 Å². The summed E-state index contributed by atoms with van der Waals surface area (Å²) >= 11 is 0. The minimum atomic E-state index is -1.67. The summed E-state index contributed by atoms with van der Waals surface area (Å²) in [5.74, 6) is 0.667. The third kappa shape index (κ3) is 5.20. The van der Waals surface area contributed by atoms with Gasteiger partial charge in [0.1, 0.15) is 11.5 Å². The van der Waals surface area contributed by atoms with Crippen LogP contribution in [0.1, 0.15) is 26.3 Å². The maximum Gasteiger partial charge on any atom is 0.496 e. The molecule has 0 amide bonds. The van der Waals surface area contributed by atoms with Crippen molar-refractivity contribution in [1.29, 1.82) is 0 Å². The lowest BCUT2D eigenvalue weighted by Gasteiger charge is -2.18. The maximum absolute atomic E-state index is 9.40. The summed E-state index contributed by atoms with van der Waals surface area (Å²) in [7, 11) is 1.24. The summed E-state index contributed by atoms with van der Waals surface area (Å²) in [5.41, 5.74) is 0.975. The summed E-state index contributed by atoms with van der Waals surface area (Å²) in [6.07, 6.45) is -0.263. The molecule has 1 unspecified atom stereocenters. The van der Waals surface area contributed by atoms with Crippen LogP contribution in [0.15, 0.2) is 12.1 Å². The third-order valence-corrected chi connectivity index (χ3v) is 2.81. The van der Waals surface area contributed by atoms with Crippen LogP contribution in [0.5, 0.6) is 11.5 Å². The van der Waals surface area contributed by atoms with E-state index in [1.807, 2.05) is 20.8 Å². The molecule has 0 heterocycles. The molecule has 1 aromatic carbocycles. The number of benzene rings is 1. The van der Waals surface area contributed by atoms with Gasteiger partial charge in [-0.15, -0.1) is 0 Å². The average molecular weight is 298 g/mol. The molecule has 2 N–H and O–H groups in total. The van der Waals surface area contributed by atoms with E-state index in [0.717, 1.165) is 5.56 Å². The van der Waals surface area contributed by atoms with Crippen molar-refractivity contribution in [2.24, 2.45) is 0 Å². The van der Waals surface area contributed by atoms with Crippen molar-refractivity contribution in [2.75, 3.05) is 14.2 Å². The summed E-state index contributed by atoms with van der Waals surface area (Å²) in [6.45, 7) is 5.98. The first-order chi connectivity index (χ1) is 9.88. The first kappa shape index (κ1) is 17.8. The molecule has 0 spiro atoms. The van der Waals surface area contributed by atoms with Crippen LogP contribution in [-0.4, -0.2) is 43.8 Å². The molecule has 0 saturated carbocycles. The lowest BCUT2D eigenvalue weighted by Crippen LogP contribution is -2.33. The van der Waals surface area contributed by atoms with Crippen molar-refractivity contribution >= 4 is 12.6 Å². The molecule has 1 rings (SSSR count). The van der Waals surface area contributed by atoms with Crippen LogP contribution in [-0.2, 0) is 16.1 Å². The van der Waals surface area contributed by atoms with Crippen LogP contribution >= 0.6 is 0 Å². The highest BCUT2D eigenvalue weighted by Crippen LogP contribution is 2.21. The van der Waals surface area contributed by atoms with E-state index in [0.29, 0.717) is 18.1 Å². The zero-order valence-electron chi connectivity index (χ0n) is 13.1. The first-order valence-electron chi connectivity index (χ1n) is 6.77. The van der Waals surface area contributed by atoms with E-state index in [-0.39, 0.29) is 17.9 Å². The van der Waals surface area contributed by atoms with Crippen LogP contribution in [0.3, 0.4) is 0 Å². The van der Waals surface area contributed by atoms with E-state index in [2.05, 4.69) is 0 Å². The molecule has 0 aromatic heterocycles. The third-order valence-electron chi connectivity index (χ3n) is 2.81. The highest BCUT2D eigenvalue weighted by molar-refractivity contribution is 6.61. The van der Waals surface area contributed by atoms with Gasteiger partial charge in [-0.3, -0.25) is 0 Å². The number of hydrogen-bond donors (Lipinski definition) is 2. The van der Waals surface area contributed by atoms with Crippen molar-refractivity contribution in [2.45, 2.75) is 39.8 Å². The Hall–Kier alpha value is -1.28. The van der Waals surface area contributed by atoms with E-state index >= 15 is 0 Å². The van der Waals surface area contributed by atoms with Crippen molar-refractivity contribution in [3.05, 3.63) is 17.7 Å². The van der Waals surface area contributed by atoms with E-state index in [4.69, 9.17) is 18.9 Å². The first-order valence-corrected chi connectivity index (χ1v) is 6.77. The Balaban J connectivity index is 2.89. The van der Waals surface area contributed by atoms with E-state index in [1.54, 1.807) is 12.1 Å². The van der Waals surface area contributed by atoms with Gasteiger partial charge in [-0.05, 0) is 38.5 Å². The molecule has 0 aliphatic rings. The normalized spacial score (nSPS) is 12.4. The molecular weight excluding hydrogens is 275 g/mol. The molecule has 118 valence electrons. The van der Waals surface area contributed by atoms with Crippen LogP contribution in [0.25, 0.3) is 0 Å². The fraction of sp³-hybridized carbons (Fsp3) is 0.571. The number of hydrogen-bond acceptors (Lipinski definition) is 6. The second kappa shape index (κ2) is 8.24. The topological polar surface area (TPSA) is 77.4 Å². The van der Waals surface area contributed by atoms with Crippen LogP contribution in [0, 0.1) is 0 Å². The van der Waals surface area contributed by atoms with Gasteiger partial charge >= 0.3 is 7.12 Å².